The minimum Gasteiger partial charge on any atom is -0.366 e. The first-order valence-corrected chi connectivity index (χ1v) is 10.2. The lowest BCUT2D eigenvalue weighted by Gasteiger charge is -2.18. The number of hydrogen-bond acceptors (Lipinski definition) is 5. The van der Waals surface area contributed by atoms with Gasteiger partial charge in [0.2, 0.25) is 5.91 Å². The van der Waals surface area contributed by atoms with Gasteiger partial charge in [-0.15, -0.1) is 0 Å². The molecule has 2 aromatic carbocycles. The maximum Gasteiger partial charge on any atom is 0.250 e. The molecule has 0 saturated carbocycles. The molecule has 1 unspecified atom stereocenters. The van der Waals surface area contributed by atoms with Crippen LogP contribution in [-0.2, 0) is 10.5 Å². The number of nitrogens with two attached hydrogens (primary N) is 1. The van der Waals surface area contributed by atoms with Crippen LogP contribution in [0.2, 0.25) is 0 Å². The zero-order valence-electron chi connectivity index (χ0n) is 15.7. The van der Waals surface area contributed by atoms with Crippen LogP contribution < -0.4 is 11.1 Å². The number of primary amides is 1. The molecule has 7 heteroatoms. The van der Waals surface area contributed by atoms with Crippen molar-refractivity contribution in [3.05, 3.63) is 77.5 Å². The highest BCUT2D eigenvalue weighted by atomic mass is 32.2. The first kappa shape index (κ1) is 20.4. The Hall–Kier alpha value is -3.37. The lowest BCUT2D eigenvalue weighted by atomic mass is 9.98. The zero-order chi connectivity index (χ0) is 20.6. The van der Waals surface area contributed by atoms with Crippen LogP contribution in [0.25, 0.3) is 10.9 Å². The largest absolute Gasteiger partial charge is 0.366 e. The van der Waals surface area contributed by atoms with Crippen molar-refractivity contribution in [1.29, 1.82) is 5.26 Å². The second-order valence-corrected chi connectivity index (χ2v) is 7.44. The average Bonchev–Trinajstić information content (AvgIpc) is 2.75. The van der Waals surface area contributed by atoms with Gasteiger partial charge in [-0.2, -0.15) is 17.0 Å². The molecule has 2 amide bonds. The molecule has 6 nitrogen and oxygen atoms in total. The van der Waals surface area contributed by atoms with Crippen LogP contribution in [-0.4, -0.2) is 29.1 Å². The van der Waals surface area contributed by atoms with Gasteiger partial charge in [0.15, 0.2) is 0 Å². The van der Waals surface area contributed by atoms with E-state index in [0.29, 0.717) is 22.7 Å². The molecule has 0 aliphatic carbocycles. The fraction of sp³-hybridized carbons (Fsp3) is 0.182. The number of nitrogens with zero attached hydrogens (tertiary/aromatic N) is 2. The summed E-state index contributed by atoms with van der Waals surface area (Å²) in [5.74, 6) is -0.578. The van der Waals surface area contributed by atoms with Gasteiger partial charge in [0, 0.05) is 16.9 Å². The molecule has 0 fully saturated rings. The average molecular weight is 404 g/mol. The summed E-state index contributed by atoms with van der Waals surface area (Å²) in [6.45, 7) is -0.113. The van der Waals surface area contributed by atoms with E-state index in [-0.39, 0.29) is 18.0 Å². The van der Waals surface area contributed by atoms with Gasteiger partial charge in [0.1, 0.15) is 6.54 Å². The maximum absolute atomic E-state index is 12.8. The normalized spacial score (nSPS) is 11.6. The van der Waals surface area contributed by atoms with Crippen LogP contribution in [0.5, 0.6) is 0 Å². The number of aromatic nitrogens is 1. The minimum atomic E-state index is -0.704. The summed E-state index contributed by atoms with van der Waals surface area (Å²) < 4.78 is 0. The Morgan fingerprint density at radius 3 is 2.59 bits per heavy atom. The molecule has 0 radical (unpaired) electrons. The maximum atomic E-state index is 12.8. The molecule has 1 atom stereocenters. The number of carbonyl (C=O) groups excluding carboxylic acids is 2. The number of nitrogens with one attached hydrogen (secondary N) is 1. The Balaban J connectivity index is 1.94. The van der Waals surface area contributed by atoms with E-state index in [9.17, 15) is 9.59 Å². The molecule has 3 N–H and O–H groups in total. The minimum absolute atomic E-state index is 0.113. The highest BCUT2D eigenvalue weighted by Gasteiger charge is 2.27. The SMILES string of the molecule is N#CCNC(=O)C(CSCc1ccccc1)c1nc2ccccc2cc1C(N)=O. The lowest BCUT2D eigenvalue weighted by Crippen LogP contribution is -2.33. The lowest BCUT2D eigenvalue weighted by molar-refractivity contribution is -0.121. The molecule has 1 heterocycles. The Bertz CT molecular complexity index is 1060. The van der Waals surface area contributed by atoms with Crippen molar-refractivity contribution in [2.75, 3.05) is 12.3 Å². The van der Waals surface area contributed by atoms with Crippen molar-refractivity contribution in [2.24, 2.45) is 5.73 Å². The van der Waals surface area contributed by atoms with Crippen molar-refractivity contribution in [3.8, 4) is 6.07 Å². The molecule has 0 spiro atoms. The van der Waals surface area contributed by atoms with Gasteiger partial charge in [0.25, 0.3) is 5.91 Å². The van der Waals surface area contributed by atoms with Gasteiger partial charge in [-0.3, -0.25) is 14.6 Å². The van der Waals surface area contributed by atoms with E-state index in [1.54, 1.807) is 17.8 Å². The van der Waals surface area contributed by atoms with E-state index in [0.717, 1.165) is 10.9 Å². The predicted octanol–water partition coefficient (Wildman–Crippen LogP) is 2.99. The van der Waals surface area contributed by atoms with Crippen molar-refractivity contribution in [3.63, 3.8) is 0 Å². The number of nitriles is 1. The Kier molecular flexibility index (Phi) is 6.82. The van der Waals surface area contributed by atoms with Gasteiger partial charge in [-0.05, 0) is 17.7 Å². The fourth-order valence-electron chi connectivity index (χ4n) is 2.99. The highest BCUT2D eigenvalue weighted by molar-refractivity contribution is 7.98. The Morgan fingerprint density at radius 1 is 1.14 bits per heavy atom. The van der Waals surface area contributed by atoms with Crippen molar-refractivity contribution in [2.45, 2.75) is 11.7 Å². The third kappa shape index (κ3) is 5.12. The van der Waals surface area contributed by atoms with Crippen molar-refractivity contribution in [1.82, 2.24) is 10.3 Å². The first-order chi connectivity index (χ1) is 14.1. The molecule has 1 aromatic heterocycles. The molecule has 146 valence electrons. The molecular formula is C22H20N4O2S. The number of para-hydroxylation sites is 1. The smallest absolute Gasteiger partial charge is 0.250 e. The van der Waals surface area contributed by atoms with Gasteiger partial charge >= 0.3 is 0 Å². The van der Waals surface area contributed by atoms with Crippen LogP contribution in [0, 0.1) is 11.3 Å². The topological polar surface area (TPSA) is 109 Å². The van der Waals surface area contributed by atoms with Crippen molar-refractivity contribution < 1.29 is 9.59 Å². The van der Waals surface area contributed by atoms with E-state index in [2.05, 4.69) is 10.3 Å². The van der Waals surface area contributed by atoms with Crippen LogP contribution in [0.3, 0.4) is 0 Å². The number of thioether (sulfide) groups is 1. The summed E-state index contributed by atoms with van der Waals surface area (Å²) in [5.41, 5.74) is 7.97. The van der Waals surface area contributed by atoms with Gasteiger partial charge < -0.3 is 11.1 Å². The van der Waals surface area contributed by atoms with E-state index in [1.807, 2.05) is 60.7 Å². The Labute approximate surface area is 173 Å². The number of carbonyl (C=O) groups is 2. The van der Waals surface area contributed by atoms with E-state index < -0.39 is 11.8 Å². The molecule has 3 rings (SSSR count). The standard InChI is InChI=1S/C22H20N4O2S/c23-10-11-25-22(28)18(14-29-13-15-6-2-1-3-7-15)20-17(21(24)27)12-16-8-4-5-9-19(16)26-20/h1-9,12,18H,11,13-14H2,(H2,24,27)(H,25,28). The second kappa shape index (κ2) is 9.71. The predicted molar refractivity (Wildman–Crippen MR) is 114 cm³/mol. The number of fused-ring (bicyclic) bond motifs is 1. The van der Waals surface area contributed by atoms with Gasteiger partial charge in [0.05, 0.1) is 28.8 Å². The zero-order valence-corrected chi connectivity index (χ0v) is 16.5. The summed E-state index contributed by atoms with van der Waals surface area (Å²) in [4.78, 5) is 29.5. The summed E-state index contributed by atoms with van der Waals surface area (Å²) in [6, 6.07) is 20.8. The third-order valence-corrected chi connectivity index (χ3v) is 5.51. The summed E-state index contributed by atoms with van der Waals surface area (Å²) >= 11 is 1.56. The molecule has 29 heavy (non-hydrogen) atoms. The summed E-state index contributed by atoms with van der Waals surface area (Å²) in [6.07, 6.45) is 0. The Morgan fingerprint density at radius 2 is 1.86 bits per heavy atom. The van der Waals surface area contributed by atoms with Crippen molar-refractivity contribution >= 4 is 34.5 Å². The number of pyridine rings is 1. The van der Waals surface area contributed by atoms with E-state index in [4.69, 9.17) is 11.0 Å². The quantitative estimate of drug-likeness (QED) is 0.561. The number of benzene rings is 2. The highest BCUT2D eigenvalue weighted by Crippen LogP contribution is 2.27. The third-order valence-electron chi connectivity index (χ3n) is 4.40. The summed E-state index contributed by atoms with van der Waals surface area (Å²) in [7, 11) is 0. The van der Waals surface area contributed by atoms with Crippen LogP contribution >= 0.6 is 11.8 Å². The van der Waals surface area contributed by atoms with Gasteiger partial charge in [-0.1, -0.05) is 48.5 Å². The molecular weight excluding hydrogens is 384 g/mol. The van der Waals surface area contributed by atoms with E-state index in [1.165, 1.54) is 0 Å². The van der Waals surface area contributed by atoms with Gasteiger partial charge in [-0.25, -0.2) is 0 Å². The molecule has 0 bridgehead atoms. The number of hydrogen-bond donors (Lipinski definition) is 2. The number of rotatable bonds is 8. The van der Waals surface area contributed by atoms with Crippen LogP contribution in [0.15, 0.2) is 60.7 Å². The monoisotopic (exact) mass is 404 g/mol. The van der Waals surface area contributed by atoms with Crippen LogP contribution in [0.4, 0.5) is 0 Å². The van der Waals surface area contributed by atoms with Crippen LogP contribution in [0.1, 0.15) is 27.5 Å². The summed E-state index contributed by atoms with van der Waals surface area (Å²) in [5, 5.41) is 12.2. The molecule has 0 saturated heterocycles. The molecule has 0 aliphatic rings. The molecule has 0 aliphatic heterocycles. The van der Waals surface area contributed by atoms with E-state index >= 15 is 0 Å². The second-order valence-electron chi connectivity index (χ2n) is 6.41. The first-order valence-electron chi connectivity index (χ1n) is 9.06. The number of amides is 2. The molecule has 3 aromatic rings. The fourth-order valence-corrected chi connectivity index (χ4v) is 4.08.